The van der Waals surface area contributed by atoms with Crippen LogP contribution in [0.2, 0.25) is 0 Å². The zero-order chi connectivity index (χ0) is 34.7. The molecule has 1 atom stereocenters. The lowest BCUT2D eigenvalue weighted by Crippen LogP contribution is -2.47. The van der Waals surface area contributed by atoms with Crippen LogP contribution in [0.5, 0.6) is 17.2 Å². The van der Waals surface area contributed by atoms with Gasteiger partial charge >= 0.3 is 18.0 Å². The molecule has 3 aromatic rings. The van der Waals surface area contributed by atoms with E-state index in [1.165, 1.54) is 33.5 Å². The van der Waals surface area contributed by atoms with E-state index in [9.17, 15) is 14.4 Å². The van der Waals surface area contributed by atoms with Crippen molar-refractivity contribution in [2.24, 2.45) is 0 Å². The quantitative estimate of drug-likeness (QED) is 0.208. The van der Waals surface area contributed by atoms with E-state index in [1.54, 1.807) is 29.4 Å². The number of benzene rings is 2. The van der Waals surface area contributed by atoms with Crippen molar-refractivity contribution < 1.29 is 47.2 Å². The third-order valence-corrected chi connectivity index (χ3v) is 8.30. The Hall–Kier alpha value is -4.94. The van der Waals surface area contributed by atoms with Gasteiger partial charge in [0, 0.05) is 37.6 Å². The smallest absolute Gasteiger partial charge is 0.409 e. The predicted octanol–water partition coefficient (Wildman–Crippen LogP) is 5.59. The number of amides is 2. The number of aromatic nitrogens is 1. The van der Waals surface area contributed by atoms with Crippen LogP contribution in [-0.4, -0.2) is 91.5 Å². The van der Waals surface area contributed by atoms with Gasteiger partial charge in [0.15, 0.2) is 11.5 Å². The van der Waals surface area contributed by atoms with Crippen molar-refractivity contribution in [2.45, 2.75) is 50.5 Å². The van der Waals surface area contributed by atoms with E-state index < -0.39 is 35.5 Å². The number of alkyl halides is 2. The Morgan fingerprint density at radius 3 is 2.17 bits per heavy atom. The maximum atomic E-state index is 15.7. The summed E-state index contributed by atoms with van der Waals surface area (Å²) in [5.41, 5.74) is 1.54. The number of rotatable bonds is 16. The summed E-state index contributed by atoms with van der Waals surface area (Å²) < 4.78 is 52.7. The Balaban J connectivity index is 1.40. The normalized spacial score (nSPS) is 14.4. The lowest BCUT2D eigenvalue weighted by molar-refractivity contribution is -0.160. The van der Waals surface area contributed by atoms with Gasteiger partial charge in [-0.15, -0.1) is 0 Å². The molecular weight excluding hydrogens is 628 g/mol. The minimum absolute atomic E-state index is 0.00730. The highest BCUT2D eigenvalue weighted by Gasteiger charge is 2.48. The van der Waals surface area contributed by atoms with Gasteiger partial charge in [-0.3, -0.25) is 9.78 Å². The molecule has 258 valence electrons. The molecule has 1 aliphatic rings. The summed E-state index contributed by atoms with van der Waals surface area (Å²) in [4.78, 5) is 44.6. The zero-order valence-corrected chi connectivity index (χ0v) is 27.3. The fourth-order valence-electron chi connectivity index (χ4n) is 5.70. The van der Waals surface area contributed by atoms with Crippen molar-refractivity contribution in [2.75, 3.05) is 47.6 Å². The van der Waals surface area contributed by atoms with Crippen molar-refractivity contribution in [3.63, 3.8) is 0 Å². The van der Waals surface area contributed by atoms with E-state index in [0.717, 1.165) is 28.2 Å². The van der Waals surface area contributed by atoms with Crippen LogP contribution in [0.25, 0.3) is 0 Å². The Labute approximate surface area is 278 Å². The molecule has 0 aliphatic carbocycles. The molecule has 2 heterocycles. The fourth-order valence-corrected chi connectivity index (χ4v) is 5.70. The summed E-state index contributed by atoms with van der Waals surface area (Å²) in [5, 5.41) is 9.14. The van der Waals surface area contributed by atoms with Gasteiger partial charge in [-0.1, -0.05) is 18.2 Å². The van der Waals surface area contributed by atoms with Crippen LogP contribution < -0.4 is 14.2 Å². The van der Waals surface area contributed by atoms with Gasteiger partial charge in [0.05, 0.1) is 32.9 Å². The lowest BCUT2D eigenvalue weighted by atomic mass is 10.0. The second-order valence-corrected chi connectivity index (χ2v) is 11.4. The van der Waals surface area contributed by atoms with Gasteiger partial charge in [0.1, 0.15) is 6.61 Å². The molecule has 1 saturated heterocycles. The number of carbonyl (C=O) groups is 3. The molecule has 1 aromatic heterocycles. The molecule has 0 radical (unpaired) electrons. The summed E-state index contributed by atoms with van der Waals surface area (Å²) in [7, 11) is 3.95. The van der Waals surface area contributed by atoms with Gasteiger partial charge in [0.25, 0.3) is 5.91 Å². The third kappa shape index (κ3) is 8.90. The standard InChI is InChI=1S/C35H41F2N3O8/c1-45-29-20-27(21-30(46-2)31(29)47-3)35(36,37)33(43)40-19-7-11-28(40)23-48-34(44)39(18-6-10-25-8-4-16-38-22-25)17-5-9-24-12-14-26(15-13-24)32(41)42/h4,8,12-16,20-22,28H,5-7,9-11,17-19,23H2,1-3H3,(H,41,42)/t28-/m0/s1. The van der Waals surface area contributed by atoms with Crippen molar-refractivity contribution >= 4 is 18.0 Å². The molecule has 0 bridgehead atoms. The molecule has 4 rings (SSSR count). The molecule has 11 nitrogen and oxygen atoms in total. The van der Waals surface area contributed by atoms with Crippen LogP contribution in [0.3, 0.4) is 0 Å². The first-order valence-electron chi connectivity index (χ1n) is 15.7. The van der Waals surface area contributed by atoms with Crippen molar-refractivity contribution in [3.05, 3.63) is 83.2 Å². The summed E-state index contributed by atoms with van der Waals surface area (Å²) in [5.74, 6) is -6.21. The van der Waals surface area contributed by atoms with Crippen molar-refractivity contribution in [1.29, 1.82) is 0 Å². The van der Waals surface area contributed by atoms with Crippen LogP contribution in [-0.2, 0) is 28.3 Å². The first-order chi connectivity index (χ1) is 23.1. The SMILES string of the molecule is COc1cc(C(F)(F)C(=O)N2CCC[C@H]2COC(=O)N(CCCc2ccc(C(=O)O)cc2)CCCc2cccnc2)cc(OC)c1OC. The summed E-state index contributed by atoms with van der Waals surface area (Å²) in [6, 6.07) is 11.7. The molecule has 1 aliphatic heterocycles. The summed E-state index contributed by atoms with van der Waals surface area (Å²) in [6.07, 6.45) is 6.26. The molecule has 13 heteroatoms. The average molecular weight is 670 g/mol. The van der Waals surface area contributed by atoms with Gasteiger partial charge < -0.3 is 33.9 Å². The molecular formula is C35H41F2N3O8. The van der Waals surface area contributed by atoms with Gasteiger partial charge in [-0.05, 0) is 80.0 Å². The number of methoxy groups -OCH3 is 3. The Bertz CT molecular complexity index is 1510. The average Bonchev–Trinajstić information content (AvgIpc) is 3.58. The van der Waals surface area contributed by atoms with E-state index >= 15 is 8.78 Å². The maximum absolute atomic E-state index is 15.7. The predicted molar refractivity (Wildman–Crippen MR) is 172 cm³/mol. The van der Waals surface area contributed by atoms with E-state index in [-0.39, 0.29) is 36.0 Å². The molecule has 0 unspecified atom stereocenters. The number of likely N-dealkylation sites (tertiary alicyclic amines) is 1. The minimum Gasteiger partial charge on any atom is -0.493 e. The molecule has 0 saturated carbocycles. The fraction of sp³-hybridized carbons (Fsp3) is 0.429. The lowest BCUT2D eigenvalue weighted by Gasteiger charge is -2.30. The van der Waals surface area contributed by atoms with Crippen LogP contribution in [0, 0.1) is 0 Å². The van der Waals surface area contributed by atoms with Crippen molar-refractivity contribution in [1.82, 2.24) is 14.8 Å². The summed E-state index contributed by atoms with van der Waals surface area (Å²) in [6.45, 7) is 0.611. The van der Waals surface area contributed by atoms with Crippen molar-refractivity contribution in [3.8, 4) is 17.2 Å². The van der Waals surface area contributed by atoms with Crippen LogP contribution in [0.1, 0.15) is 52.7 Å². The van der Waals surface area contributed by atoms with Gasteiger partial charge in [0.2, 0.25) is 5.75 Å². The van der Waals surface area contributed by atoms with Crippen LogP contribution in [0.4, 0.5) is 13.6 Å². The number of aromatic carboxylic acids is 1. The molecule has 1 N–H and O–H groups in total. The number of ether oxygens (including phenoxy) is 4. The second-order valence-electron chi connectivity index (χ2n) is 11.4. The van der Waals surface area contributed by atoms with E-state index in [1.807, 2.05) is 12.1 Å². The van der Waals surface area contributed by atoms with E-state index in [2.05, 4.69) is 4.98 Å². The number of hydrogen-bond acceptors (Lipinski definition) is 8. The Morgan fingerprint density at radius 2 is 1.60 bits per heavy atom. The number of nitrogens with zero attached hydrogens (tertiary/aromatic N) is 3. The Kier molecular flexibility index (Phi) is 12.5. The zero-order valence-electron chi connectivity index (χ0n) is 27.3. The minimum atomic E-state index is -3.92. The number of aryl methyl sites for hydroxylation is 2. The monoisotopic (exact) mass is 669 g/mol. The maximum Gasteiger partial charge on any atom is 0.409 e. The van der Waals surface area contributed by atoms with Gasteiger partial charge in [-0.25, -0.2) is 9.59 Å². The first kappa shape index (κ1) is 35.9. The molecule has 0 spiro atoms. The summed E-state index contributed by atoms with van der Waals surface area (Å²) >= 11 is 0. The first-order valence-corrected chi connectivity index (χ1v) is 15.7. The van der Waals surface area contributed by atoms with E-state index in [4.69, 9.17) is 24.1 Å². The molecule has 2 aromatic carbocycles. The number of halogens is 2. The number of carboxylic acids is 1. The van der Waals surface area contributed by atoms with Crippen LogP contribution in [0.15, 0.2) is 60.9 Å². The third-order valence-electron chi connectivity index (χ3n) is 8.30. The van der Waals surface area contributed by atoms with Gasteiger partial charge in [-0.2, -0.15) is 8.78 Å². The number of pyridine rings is 1. The highest BCUT2D eigenvalue weighted by Crippen LogP contribution is 2.43. The second kappa shape index (κ2) is 16.8. The highest BCUT2D eigenvalue weighted by molar-refractivity contribution is 5.87. The number of carboxylic acid groups (broad SMARTS) is 1. The highest BCUT2D eigenvalue weighted by atomic mass is 19.3. The topological polar surface area (TPSA) is 128 Å². The molecule has 2 amide bonds. The number of hydrogen-bond donors (Lipinski definition) is 1. The molecule has 1 fully saturated rings. The number of carbonyl (C=O) groups excluding carboxylic acids is 2. The Morgan fingerprint density at radius 1 is 0.958 bits per heavy atom. The largest absolute Gasteiger partial charge is 0.493 e. The van der Waals surface area contributed by atoms with E-state index in [0.29, 0.717) is 51.6 Å². The van der Waals surface area contributed by atoms with Crippen LogP contribution >= 0.6 is 0 Å². The molecule has 48 heavy (non-hydrogen) atoms.